The summed E-state index contributed by atoms with van der Waals surface area (Å²) in [6, 6.07) is 0. The van der Waals surface area contributed by atoms with E-state index in [-0.39, 0.29) is 0 Å². The smallest absolute Gasteiger partial charge is 0.434 e. The molecule has 0 aliphatic carbocycles. The summed E-state index contributed by atoms with van der Waals surface area (Å²) >= 11 is 0. The highest BCUT2D eigenvalue weighted by atomic mass is 16.7. The minimum absolute atomic E-state index is 0.298. The van der Waals surface area contributed by atoms with Gasteiger partial charge in [-0.3, -0.25) is 0 Å². The molecule has 0 heterocycles. The number of hydrogen-bond acceptors (Lipinski definition) is 3. The molecule has 3 nitrogen and oxygen atoms in total. The third-order valence-corrected chi connectivity index (χ3v) is 0.426. The Morgan fingerprint density at radius 3 is 2.88 bits per heavy atom. The van der Waals surface area contributed by atoms with Gasteiger partial charge in [0.1, 0.15) is 0 Å². The largest absolute Gasteiger partial charge is 0.513 e. The van der Waals surface area contributed by atoms with Gasteiger partial charge in [0.25, 0.3) is 0 Å². The van der Waals surface area contributed by atoms with Crippen LogP contribution in [-0.2, 0) is 9.47 Å². The van der Waals surface area contributed by atoms with Crippen LogP contribution in [0.15, 0.2) is 6.26 Å². The van der Waals surface area contributed by atoms with Crippen LogP contribution in [0.3, 0.4) is 0 Å². The summed E-state index contributed by atoms with van der Waals surface area (Å²) in [5, 5.41) is 0. The Labute approximate surface area is 47.9 Å². The molecule has 0 saturated heterocycles. The van der Waals surface area contributed by atoms with Crippen LogP contribution in [-0.4, -0.2) is 12.8 Å². The molecule has 8 heavy (non-hydrogen) atoms. The Morgan fingerprint density at radius 2 is 2.50 bits per heavy atom. The van der Waals surface area contributed by atoms with Crippen molar-refractivity contribution in [3.8, 4) is 0 Å². The predicted molar refractivity (Wildman–Crippen MR) is 27.0 cm³/mol. The molecule has 0 spiro atoms. The normalized spacial score (nSPS) is 7.62. The molecule has 1 radical (unpaired) electrons. The van der Waals surface area contributed by atoms with Gasteiger partial charge in [-0.2, -0.15) is 0 Å². The topological polar surface area (TPSA) is 35.5 Å². The van der Waals surface area contributed by atoms with Gasteiger partial charge in [-0.05, 0) is 13.5 Å². The fourth-order valence-electron chi connectivity index (χ4n) is 0.207. The summed E-state index contributed by atoms with van der Waals surface area (Å²) in [7, 11) is 0. The van der Waals surface area contributed by atoms with Crippen LogP contribution in [0.25, 0.3) is 0 Å². The molecule has 0 unspecified atom stereocenters. The Morgan fingerprint density at radius 1 is 1.88 bits per heavy atom. The van der Waals surface area contributed by atoms with Gasteiger partial charge in [0.05, 0.1) is 12.9 Å². The lowest BCUT2D eigenvalue weighted by Gasteiger charge is -1.95. The molecular formula is C5H7O3. The molecule has 3 heteroatoms. The van der Waals surface area contributed by atoms with Crippen molar-refractivity contribution in [2.24, 2.45) is 0 Å². The summed E-state index contributed by atoms with van der Waals surface area (Å²) in [4.78, 5) is 10.1. The molecule has 0 aromatic heterocycles. The first-order valence-electron chi connectivity index (χ1n) is 2.18. The van der Waals surface area contributed by atoms with E-state index >= 15 is 0 Å². The average molecular weight is 115 g/mol. The summed E-state index contributed by atoms with van der Waals surface area (Å²) in [5.41, 5.74) is 0. The van der Waals surface area contributed by atoms with E-state index in [4.69, 9.17) is 6.58 Å². The van der Waals surface area contributed by atoms with E-state index in [1.165, 1.54) is 0 Å². The number of hydrogen-bond donors (Lipinski definition) is 0. The third kappa shape index (κ3) is 3.21. The second-order valence-corrected chi connectivity index (χ2v) is 0.937. The maximum absolute atomic E-state index is 10.1. The molecule has 0 bridgehead atoms. The molecule has 0 aliphatic rings. The molecule has 45 valence electrons. The molecule has 0 amide bonds. The number of rotatable bonds is 2. The van der Waals surface area contributed by atoms with E-state index in [0.29, 0.717) is 6.61 Å². The first-order valence-corrected chi connectivity index (χ1v) is 2.18. The van der Waals surface area contributed by atoms with Crippen molar-refractivity contribution in [1.82, 2.24) is 0 Å². The van der Waals surface area contributed by atoms with Crippen LogP contribution in [0.5, 0.6) is 0 Å². The van der Waals surface area contributed by atoms with E-state index in [9.17, 15) is 4.79 Å². The lowest BCUT2D eigenvalue weighted by atomic mass is 10.9. The fraction of sp³-hybridized carbons (Fsp3) is 0.400. The van der Waals surface area contributed by atoms with Crippen molar-refractivity contribution in [1.29, 1.82) is 0 Å². The summed E-state index contributed by atoms with van der Waals surface area (Å²) in [5.74, 6) is 0. The zero-order valence-corrected chi connectivity index (χ0v) is 4.59. The lowest BCUT2D eigenvalue weighted by molar-refractivity contribution is 0.0895. The van der Waals surface area contributed by atoms with Crippen molar-refractivity contribution >= 4 is 6.16 Å². The molecular weight excluding hydrogens is 108 g/mol. The zero-order chi connectivity index (χ0) is 6.41. The highest BCUT2D eigenvalue weighted by Crippen LogP contribution is 1.82. The molecule has 0 atom stereocenters. The summed E-state index contributed by atoms with van der Waals surface area (Å²) in [6.45, 7) is 6.69. The van der Waals surface area contributed by atoms with Gasteiger partial charge in [-0.1, -0.05) is 0 Å². The minimum atomic E-state index is -0.769. The Hall–Kier alpha value is -0.990. The van der Waals surface area contributed by atoms with Crippen molar-refractivity contribution in [3.05, 3.63) is 12.8 Å². The number of carbonyl (C=O) groups excluding carboxylic acids is 1. The van der Waals surface area contributed by atoms with Crippen molar-refractivity contribution < 1.29 is 14.3 Å². The molecule has 0 aromatic rings. The minimum Gasteiger partial charge on any atom is -0.434 e. The maximum Gasteiger partial charge on any atom is 0.513 e. The van der Waals surface area contributed by atoms with Crippen molar-refractivity contribution in [3.63, 3.8) is 0 Å². The Bertz CT molecular complexity index is 87.7. The van der Waals surface area contributed by atoms with Crippen LogP contribution in [0.1, 0.15) is 6.92 Å². The van der Waals surface area contributed by atoms with Crippen LogP contribution in [0.2, 0.25) is 0 Å². The van der Waals surface area contributed by atoms with E-state index < -0.39 is 6.16 Å². The van der Waals surface area contributed by atoms with Gasteiger partial charge in [0, 0.05) is 0 Å². The summed E-state index contributed by atoms with van der Waals surface area (Å²) < 4.78 is 8.38. The van der Waals surface area contributed by atoms with Gasteiger partial charge >= 0.3 is 6.16 Å². The van der Waals surface area contributed by atoms with Gasteiger partial charge in [-0.25, -0.2) is 4.79 Å². The SMILES string of the molecule is [CH]=COC(=O)OCC. The second kappa shape index (κ2) is 4.18. The molecule has 0 N–H and O–H groups in total. The van der Waals surface area contributed by atoms with Crippen molar-refractivity contribution in [2.75, 3.05) is 6.61 Å². The van der Waals surface area contributed by atoms with E-state index in [0.717, 1.165) is 6.26 Å². The number of ether oxygens (including phenoxy) is 2. The highest BCUT2D eigenvalue weighted by Gasteiger charge is 1.95. The fourth-order valence-corrected chi connectivity index (χ4v) is 0.207. The monoisotopic (exact) mass is 115 g/mol. The lowest BCUT2D eigenvalue weighted by Crippen LogP contribution is -2.01. The van der Waals surface area contributed by atoms with Crippen LogP contribution >= 0.6 is 0 Å². The third-order valence-electron chi connectivity index (χ3n) is 0.426. The molecule has 0 aromatic carbocycles. The van der Waals surface area contributed by atoms with Gasteiger partial charge in [0.15, 0.2) is 0 Å². The summed E-state index contributed by atoms with van der Waals surface area (Å²) in [6.07, 6.45) is 0.00727. The molecule has 0 fully saturated rings. The Kier molecular flexibility index (Phi) is 3.66. The van der Waals surface area contributed by atoms with Crippen LogP contribution in [0.4, 0.5) is 4.79 Å². The van der Waals surface area contributed by atoms with Gasteiger partial charge in [-0.15, -0.1) is 0 Å². The van der Waals surface area contributed by atoms with E-state index in [1.54, 1.807) is 6.92 Å². The van der Waals surface area contributed by atoms with E-state index in [2.05, 4.69) is 9.47 Å². The Balaban J connectivity index is 3.18. The number of carbonyl (C=O) groups is 1. The maximum atomic E-state index is 10.1. The quantitative estimate of drug-likeness (QED) is 0.399. The predicted octanol–water partition coefficient (Wildman–Crippen LogP) is 1.11. The second-order valence-electron chi connectivity index (χ2n) is 0.937. The molecule has 0 rings (SSSR count). The first kappa shape index (κ1) is 7.01. The van der Waals surface area contributed by atoms with E-state index in [1.807, 2.05) is 0 Å². The standard InChI is InChI=1S/C5H7O3/c1-3-7-5(6)8-4-2/h1,3H,4H2,2H3. The average Bonchev–Trinajstić information content (AvgIpc) is 1.68. The highest BCUT2D eigenvalue weighted by molar-refractivity contribution is 5.60. The molecule has 0 aliphatic heterocycles. The van der Waals surface area contributed by atoms with Crippen LogP contribution < -0.4 is 0 Å². The first-order chi connectivity index (χ1) is 3.81. The zero-order valence-electron chi connectivity index (χ0n) is 4.59. The van der Waals surface area contributed by atoms with Crippen LogP contribution in [0, 0.1) is 6.58 Å². The van der Waals surface area contributed by atoms with Crippen molar-refractivity contribution in [2.45, 2.75) is 6.92 Å². The van der Waals surface area contributed by atoms with Gasteiger partial charge in [0.2, 0.25) is 0 Å². The van der Waals surface area contributed by atoms with Gasteiger partial charge < -0.3 is 9.47 Å². The molecule has 0 saturated carbocycles.